The van der Waals surface area contributed by atoms with Gasteiger partial charge in [-0.25, -0.2) is 0 Å². The molecule has 0 amide bonds. The molecule has 1 aromatic carbocycles. The highest BCUT2D eigenvalue weighted by atomic mass is 16.5. The Labute approximate surface area is 119 Å². The van der Waals surface area contributed by atoms with Crippen LogP contribution in [0.25, 0.3) is 0 Å². The number of nitrogens with one attached hydrogen (secondary N) is 1. The summed E-state index contributed by atoms with van der Waals surface area (Å²) in [5, 5.41) is 3.50. The Balaban J connectivity index is 2.14. The number of rotatable bonds is 6. The van der Waals surface area contributed by atoms with Crippen LogP contribution in [0, 0.1) is 0 Å². The largest absolute Gasteiger partial charge is 0.497 e. The van der Waals surface area contributed by atoms with Gasteiger partial charge in [-0.15, -0.1) is 0 Å². The normalized spacial score (nSPS) is 13.8. The van der Waals surface area contributed by atoms with Crippen molar-refractivity contribution in [2.75, 3.05) is 14.2 Å². The molecule has 20 heavy (non-hydrogen) atoms. The van der Waals surface area contributed by atoms with Crippen molar-refractivity contribution >= 4 is 0 Å². The number of hydrogen-bond donors (Lipinski definition) is 1. The molecule has 4 heteroatoms. The lowest BCUT2D eigenvalue weighted by molar-refractivity contribution is 0.373. The van der Waals surface area contributed by atoms with E-state index in [0.717, 1.165) is 22.8 Å². The minimum absolute atomic E-state index is 0.131. The molecule has 1 aromatic heterocycles. The summed E-state index contributed by atoms with van der Waals surface area (Å²) in [5.74, 6) is 2.53. The van der Waals surface area contributed by atoms with Crippen molar-refractivity contribution < 1.29 is 13.9 Å². The van der Waals surface area contributed by atoms with Gasteiger partial charge in [0.05, 0.1) is 26.5 Å². The summed E-state index contributed by atoms with van der Waals surface area (Å²) in [6.07, 6.45) is 1.69. The van der Waals surface area contributed by atoms with E-state index in [1.165, 1.54) is 0 Å². The number of hydrogen-bond acceptors (Lipinski definition) is 4. The van der Waals surface area contributed by atoms with Crippen LogP contribution in [0.4, 0.5) is 0 Å². The SMILES string of the molecule is COc1ccc(C(C)NC(C)c2ccco2)c(OC)c1. The van der Waals surface area contributed by atoms with Gasteiger partial charge in [-0.2, -0.15) is 0 Å². The van der Waals surface area contributed by atoms with E-state index in [4.69, 9.17) is 13.9 Å². The van der Waals surface area contributed by atoms with E-state index in [2.05, 4.69) is 19.2 Å². The van der Waals surface area contributed by atoms with E-state index < -0.39 is 0 Å². The maximum Gasteiger partial charge on any atom is 0.127 e. The van der Waals surface area contributed by atoms with Gasteiger partial charge in [0.2, 0.25) is 0 Å². The van der Waals surface area contributed by atoms with E-state index in [9.17, 15) is 0 Å². The highest BCUT2D eigenvalue weighted by Gasteiger charge is 2.16. The van der Waals surface area contributed by atoms with Gasteiger partial charge in [-0.1, -0.05) is 6.07 Å². The van der Waals surface area contributed by atoms with Gasteiger partial charge in [-0.3, -0.25) is 0 Å². The zero-order valence-electron chi connectivity index (χ0n) is 12.3. The average molecular weight is 275 g/mol. The molecule has 2 atom stereocenters. The van der Waals surface area contributed by atoms with Crippen LogP contribution in [0.5, 0.6) is 11.5 Å². The Bertz CT molecular complexity index is 537. The molecule has 0 bridgehead atoms. The number of benzene rings is 1. The van der Waals surface area contributed by atoms with Crippen LogP contribution in [0.1, 0.15) is 37.3 Å². The lowest BCUT2D eigenvalue weighted by Gasteiger charge is -2.21. The van der Waals surface area contributed by atoms with Gasteiger partial charge >= 0.3 is 0 Å². The Morgan fingerprint density at radius 3 is 2.45 bits per heavy atom. The Hall–Kier alpha value is -1.94. The molecule has 0 radical (unpaired) electrons. The second-order valence-electron chi connectivity index (χ2n) is 4.73. The van der Waals surface area contributed by atoms with Crippen LogP contribution in [-0.2, 0) is 0 Å². The van der Waals surface area contributed by atoms with Crippen molar-refractivity contribution in [2.24, 2.45) is 0 Å². The summed E-state index contributed by atoms with van der Waals surface area (Å²) in [4.78, 5) is 0. The fourth-order valence-corrected chi connectivity index (χ4v) is 2.26. The fraction of sp³-hybridized carbons (Fsp3) is 0.375. The van der Waals surface area contributed by atoms with Gasteiger partial charge in [0.25, 0.3) is 0 Å². The van der Waals surface area contributed by atoms with Crippen molar-refractivity contribution in [2.45, 2.75) is 25.9 Å². The van der Waals surface area contributed by atoms with Crippen LogP contribution in [0.3, 0.4) is 0 Å². The van der Waals surface area contributed by atoms with Crippen molar-refractivity contribution in [3.63, 3.8) is 0 Å². The molecule has 2 rings (SSSR count). The van der Waals surface area contributed by atoms with Crippen molar-refractivity contribution in [3.8, 4) is 11.5 Å². The standard InChI is InChI=1S/C16H21NO3/c1-11(17-12(2)15-6-5-9-20-15)14-8-7-13(18-3)10-16(14)19-4/h5-12,17H,1-4H3. The molecule has 0 saturated heterocycles. The molecule has 2 aromatic rings. The zero-order valence-corrected chi connectivity index (χ0v) is 12.3. The molecule has 4 nitrogen and oxygen atoms in total. The van der Waals surface area contributed by atoms with E-state index in [1.54, 1.807) is 20.5 Å². The first-order valence-corrected chi connectivity index (χ1v) is 6.67. The number of methoxy groups -OCH3 is 2. The maximum atomic E-state index is 5.44. The summed E-state index contributed by atoms with van der Waals surface area (Å²) >= 11 is 0. The lowest BCUT2D eigenvalue weighted by Crippen LogP contribution is -2.22. The number of ether oxygens (including phenoxy) is 2. The quantitative estimate of drug-likeness (QED) is 0.872. The third-order valence-electron chi connectivity index (χ3n) is 3.38. The third kappa shape index (κ3) is 3.14. The molecule has 1 heterocycles. The molecule has 0 spiro atoms. The second kappa shape index (κ2) is 6.48. The summed E-state index contributed by atoms with van der Waals surface area (Å²) in [7, 11) is 3.32. The first kappa shape index (κ1) is 14.5. The molecule has 0 aliphatic rings. The molecular formula is C16H21NO3. The van der Waals surface area contributed by atoms with E-state index in [1.807, 2.05) is 30.3 Å². The Kier molecular flexibility index (Phi) is 4.69. The predicted octanol–water partition coefficient (Wildman–Crippen LogP) is 3.71. The van der Waals surface area contributed by atoms with Gasteiger partial charge in [0.15, 0.2) is 0 Å². The van der Waals surface area contributed by atoms with E-state index in [0.29, 0.717) is 0 Å². The molecule has 0 saturated carbocycles. The van der Waals surface area contributed by atoms with Gasteiger partial charge in [0.1, 0.15) is 17.3 Å². The van der Waals surface area contributed by atoms with Crippen LogP contribution in [-0.4, -0.2) is 14.2 Å². The first-order chi connectivity index (χ1) is 9.65. The molecule has 108 valence electrons. The summed E-state index contributed by atoms with van der Waals surface area (Å²) in [6.45, 7) is 4.18. The maximum absolute atomic E-state index is 5.44. The van der Waals surface area contributed by atoms with E-state index in [-0.39, 0.29) is 12.1 Å². The predicted molar refractivity (Wildman–Crippen MR) is 78.2 cm³/mol. The minimum Gasteiger partial charge on any atom is -0.497 e. The summed E-state index contributed by atoms with van der Waals surface area (Å²) in [6, 6.07) is 9.98. The van der Waals surface area contributed by atoms with Crippen molar-refractivity contribution in [1.82, 2.24) is 5.32 Å². The van der Waals surface area contributed by atoms with Crippen molar-refractivity contribution in [3.05, 3.63) is 47.9 Å². The molecule has 1 N–H and O–H groups in total. The van der Waals surface area contributed by atoms with E-state index >= 15 is 0 Å². The fourth-order valence-electron chi connectivity index (χ4n) is 2.26. The minimum atomic E-state index is 0.131. The molecule has 0 fully saturated rings. The van der Waals surface area contributed by atoms with Crippen LogP contribution in [0.15, 0.2) is 41.0 Å². The smallest absolute Gasteiger partial charge is 0.127 e. The molecular weight excluding hydrogens is 254 g/mol. The lowest BCUT2D eigenvalue weighted by atomic mass is 10.1. The topological polar surface area (TPSA) is 43.6 Å². The summed E-state index contributed by atoms with van der Waals surface area (Å²) < 4.78 is 16.1. The van der Waals surface area contributed by atoms with Gasteiger partial charge in [-0.05, 0) is 32.0 Å². The first-order valence-electron chi connectivity index (χ1n) is 6.67. The van der Waals surface area contributed by atoms with Crippen LogP contribution < -0.4 is 14.8 Å². The second-order valence-corrected chi connectivity index (χ2v) is 4.73. The van der Waals surface area contributed by atoms with Gasteiger partial charge < -0.3 is 19.2 Å². The molecule has 2 unspecified atom stereocenters. The Morgan fingerprint density at radius 2 is 1.85 bits per heavy atom. The number of furan rings is 1. The monoisotopic (exact) mass is 275 g/mol. The highest BCUT2D eigenvalue weighted by Crippen LogP contribution is 2.30. The van der Waals surface area contributed by atoms with Gasteiger partial charge in [0, 0.05) is 17.7 Å². The highest BCUT2D eigenvalue weighted by molar-refractivity contribution is 5.42. The molecule has 0 aliphatic carbocycles. The van der Waals surface area contributed by atoms with Crippen molar-refractivity contribution in [1.29, 1.82) is 0 Å². The van der Waals surface area contributed by atoms with Crippen LogP contribution in [0.2, 0.25) is 0 Å². The molecule has 0 aliphatic heterocycles. The summed E-state index contributed by atoms with van der Waals surface area (Å²) in [5.41, 5.74) is 1.09. The third-order valence-corrected chi connectivity index (χ3v) is 3.38. The zero-order chi connectivity index (χ0) is 14.5. The average Bonchev–Trinajstić information content (AvgIpc) is 3.00. The Morgan fingerprint density at radius 1 is 1.05 bits per heavy atom. The van der Waals surface area contributed by atoms with Crippen LogP contribution >= 0.6 is 0 Å².